The van der Waals surface area contributed by atoms with E-state index in [1.54, 1.807) is 11.8 Å². The number of nitrogens with one attached hydrogen (secondary N) is 1. The third kappa shape index (κ3) is 5.90. The fourth-order valence-corrected chi connectivity index (χ4v) is 3.45. The molecule has 0 aliphatic heterocycles. The maximum Gasteiger partial charge on any atom is 0.262 e. The summed E-state index contributed by atoms with van der Waals surface area (Å²) < 4.78 is 5.65. The first kappa shape index (κ1) is 19.1. The minimum atomic E-state index is -0.165. The monoisotopic (exact) mass is 377 g/mol. The van der Waals surface area contributed by atoms with Crippen molar-refractivity contribution in [2.45, 2.75) is 24.5 Å². The van der Waals surface area contributed by atoms with E-state index in [1.807, 2.05) is 74.5 Å². The lowest BCUT2D eigenvalue weighted by molar-refractivity contribution is -0.118. The van der Waals surface area contributed by atoms with Crippen LogP contribution < -0.4 is 10.1 Å². The van der Waals surface area contributed by atoms with E-state index in [1.165, 1.54) is 10.5 Å². The molecular formula is C23H23NO2S. The largest absolute Gasteiger partial charge is 0.483 e. The van der Waals surface area contributed by atoms with Crippen LogP contribution in [0.15, 0.2) is 77.7 Å². The van der Waals surface area contributed by atoms with Crippen molar-refractivity contribution in [3.63, 3.8) is 0 Å². The molecule has 138 valence electrons. The first-order valence-corrected chi connectivity index (χ1v) is 9.85. The Morgan fingerprint density at radius 1 is 0.963 bits per heavy atom. The van der Waals surface area contributed by atoms with Gasteiger partial charge in [0.1, 0.15) is 5.75 Å². The molecule has 4 heteroatoms. The van der Waals surface area contributed by atoms with E-state index >= 15 is 0 Å². The molecule has 0 heterocycles. The molecule has 0 saturated heterocycles. The van der Waals surface area contributed by atoms with Crippen molar-refractivity contribution in [3.8, 4) is 5.75 Å². The Balaban J connectivity index is 1.48. The Bertz CT molecular complexity index is 892. The molecule has 0 spiro atoms. The highest BCUT2D eigenvalue weighted by Crippen LogP contribution is 2.23. The fraction of sp³-hybridized carbons (Fsp3) is 0.174. The standard InChI is InChI=1S/C23H23NO2S/c1-17-8-9-18(2)22(14-17)26-15-23(25)24-20-12-10-19(11-13-20)16-27-21-6-4-3-5-7-21/h3-14H,15-16H2,1-2H3,(H,24,25). The van der Waals surface area contributed by atoms with Crippen LogP contribution in [-0.4, -0.2) is 12.5 Å². The van der Waals surface area contributed by atoms with Gasteiger partial charge in [-0.15, -0.1) is 11.8 Å². The molecule has 1 N–H and O–H groups in total. The number of carbonyl (C=O) groups excluding carboxylic acids is 1. The summed E-state index contributed by atoms with van der Waals surface area (Å²) in [5, 5.41) is 2.88. The molecule has 0 bridgehead atoms. The quantitative estimate of drug-likeness (QED) is 0.544. The number of carbonyl (C=O) groups is 1. The zero-order valence-corrected chi connectivity index (χ0v) is 16.4. The molecule has 3 aromatic carbocycles. The summed E-state index contributed by atoms with van der Waals surface area (Å²) in [6, 6.07) is 24.2. The molecule has 0 fully saturated rings. The second-order valence-electron chi connectivity index (χ2n) is 6.40. The lowest BCUT2D eigenvalue weighted by Crippen LogP contribution is -2.20. The highest BCUT2D eigenvalue weighted by atomic mass is 32.2. The number of aryl methyl sites for hydroxylation is 2. The molecule has 0 aromatic heterocycles. The number of hydrogen-bond acceptors (Lipinski definition) is 3. The van der Waals surface area contributed by atoms with Gasteiger partial charge >= 0.3 is 0 Å². The van der Waals surface area contributed by atoms with Crippen molar-refractivity contribution in [2.75, 3.05) is 11.9 Å². The zero-order chi connectivity index (χ0) is 19.1. The number of rotatable bonds is 7. The van der Waals surface area contributed by atoms with E-state index < -0.39 is 0 Å². The fourth-order valence-electron chi connectivity index (χ4n) is 2.57. The first-order chi connectivity index (χ1) is 13.1. The topological polar surface area (TPSA) is 38.3 Å². The van der Waals surface area contributed by atoms with Crippen LogP contribution in [0.5, 0.6) is 5.75 Å². The molecule has 0 aliphatic rings. The smallest absolute Gasteiger partial charge is 0.262 e. The zero-order valence-electron chi connectivity index (χ0n) is 15.6. The third-order valence-electron chi connectivity index (χ3n) is 4.09. The number of benzene rings is 3. The summed E-state index contributed by atoms with van der Waals surface area (Å²) in [6.45, 7) is 3.97. The molecule has 0 atom stereocenters. The highest BCUT2D eigenvalue weighted by molar-refractivity contribution is 7.98. The van der Waals surface area contributed by atoms with E-state index in [4.69, 9.17) is 4.74 Å². The predicted molar refractivity (Wildman–Crippen MR) is 112 cm³/mol. The number of hydrogen-bond donors (Lipinski definition) is 1. The number of ether oxygens (including phenoxy) is 1. The maximum atomic E-state index is 12.1. The van der Waals surface area contributed by atoms with Gasteiger partial charge in [-0.1, -0.05) is 42.5 Å². The predicted octanol–water partition coefficient (Wildman–Crippen LogP) is 5.61. The van der Waals surface area contributed by atoms with Gasteiger partial charge in [0.2, 0.25) is 0 Å². The van der Waals surface area contributed by atoms with Gasteiger partial charge in [0.05, 0.1) is 0 Å². The normalized spacial score (nSPS) is 10.4. The van der Waals surface area contributed by atoms with Crippen LogP contribution in [0, 0.1) is 13.8 Å². The average Bonchev–Trinajstić information content (AvgIpc) is 2.69. The minimum absolute atomic E-state index is 0.00406. The van der Waals surface area contributed by atoms with Crippen molar-refractivity contribution in [2.24, 2.45) is 0 Å². The molecule has 3 rings (SSSR count). The Hall–Kier alpha value is -2.72. The highest BCUT2D eigenvalue weighted by Gasteiger charge is 2.06. The molecule has 3 aromatic rings. The van der Waals surface area contributed by atoms with Crippen LogP contribution >= 0.6 is 11.8 Å². The van der Waals surface area contributed by atoms with Gasteiger partial charge in [-0.3, -0.25) is 4.79 Å². The van der Waals surface area contributed by atoms with E-state index in [0.29, 0.717) is 0 Å². The second-order valence-corrected chi connectivity index (χ2v) is 7.45. The second kappa shape index (κ2) is 9.28. The summed E-state index contributed by atoms with van der Waals surface area (Å²) in [6.07, 6.45) is 0. The number of thioether (sulfide) groups is 1. The summed E-state index contributed by atoms with van der Waals surface area (Å²) in [5.41, 5.74) is 4.13. The minimum Gasteiger partial charge on any atom is -0.483 e. The van der Waals surface area contributed by atoms with Gasteiger partial charge in [0, 0.05) is 16.3 Å². The van der Waals surface area contributed by atoms with Crippen LogP contribution in [-0.2, 0) is 10.5 Å². The summed E-state index contributed by atoms with van der Waals surface area (Å²) >= 11 is 1.79. The van der Waals surface area contributed by atoms with Gasteiger partial charge < -0.3 is 10.1 Å². The Labute approximate surface area is 164 Å². The van der Waals surface area contributed by atoms with Crippen LogP contribution in [0.3, 0.4) is 0 Å². The van der Waals surface area contributed by atoms with E-state index in [-0.39, 0.29) is 12.5 Å². The molecule has 3 nitrogen and oxygen atoms in total. The molecule has 0 saturated carbocycles. The molecule has 1 amide bonds. The average molecular weight is 378 g/mol. The Kier molecular flexibility index (Phi) is 6.55. The van der Waals surface area contributed by atoms with Gasteiger partial charge in [-0.05, 0) is 60.9 Å². The van der Waals surface area contributed by atoms with Gasteiger partial charge in [-0.25, -0.2) is 0 Å². The van der Waals surface area contributed by atoms with Crippen LogP contribution in [0.2, 0.25) is 0 Å². The molecule has 0 unspecified atom stereocenters. The lowest BCUT2D eigenvalue weighted by atomic mass is 10.1. The Morgan fingerprint density at radius 2 is 1.70 bits per heavy atom. The lowest BCUT2D eigenvalue weighted by Gasteiger charge is -2.11. The van der Waals surface area contributed by atoms with E-state index in [0.717, 1.165) is 28.3 Å². The van der Waals surface area contributed by atoms with Gasteiger partial charge in [0.25, 0.3) is 5.91 Å². The first-order valence-electron chi connectivity index (χ1n) is 8.87. The SMILES string of the molecule is Cc1ccc(C)c(OCC(=O)Nc2ccc(CSc3ccccc3)cc2)c1. The van der Waals surface area contributed by atoms with Crippen LogP contribution in [0.1, 0.15) is 16.7 Å². The molecule has 27 heavy (non-hydrogen) atoms. The van der Waals surface area contributed by atoms with Crippen molar-refractivity contribution >= 4 is 23.4 Å². The van der Waals surface area contributed by atoms with Crippen LogP contribution in [0.25, 0.3) is 0 Å². The number of anilines is 1. The van der Waals surface area contributed by atoms with Crippen molar-refractivity contribution in [1.29, 1.82) is 0 Å². The molecule has 0 radical (unpaired) electrons. The molecular weight excluding hydrogens is 354 g/mol. The summed E-state index contributed by atoms with van der Waals surface area (Å²) in [4.78, 5) is 13.4. The van der Waals surface area contributed by atoms with Crippen molar-refractivity contribution < 1.29 is 9.53 Å². The van der Waals surface area contributed by atoms with Crippen molar-refractivity contribution in [1.82, 2.24) is 0 Å². The van der Waals surface area contributed by atoms with Gasteiger partial charge in [-0.2, -0.15) is 0 Å². The molecule has 0 aliphatic carbocycles. The summed E-state index contributed by atoms with van der Waals surface area (Å²) in [5.74, 6) is 1.48. The van der Waals surface area contributed by atoms with Crippen molar-refractivity contribution in [3.05, 3.63) is 89.5 Å². The van der Waals surface area contributed by atoms with E-state index in [2.05, 4.69) is 17.4 Å². The Morgan fingerprint density at radius 3 is 2.44 bits per heavy atom. The third-order valence-corrected chi connectivity index (χ3v) is 5.17. The maximum absolute atomic E-state index is 12.1. The van der Waals surface area contributed by atoms with Crippen LogP contribution in [0.4, 0.5) is 5.69 Å². The number of amides is 1. The van der Waals surface area contributed by atoms with E-state index in [9.17, 15) is 4.79 Å². The van der Waals surface area contributed by atoms with Gasteiger partial charge in [0.15, 0.2) is 6.61 Å². The summed E-state index contributed by atoms with van der Waals surface area (Å²) in [7, 11) is 0.